The second-order valence-corrected chi connectivity index (χ2v) is 5.99. The van der Waals surface area contributed by atoms with E-state index in [1.165, 1.54) is 51.6 Å². The molecule has 0 atom stereocenters. The van der Waals surface area contributed by atoms with Gasteiger partial charge in [-0.3, -0.25) is 4.79 Å². The maximum atomic E-state index is 11.1. The Hall–Kier alpha value is -1.35. The summed E-state index contributed by atoms with van der Waals surface area (Å²) in [5.74, 6) is 0.720. The molecule has 0 aromatic heterocycles. The molecule has 1 aromatic carbocycles. The summed E-state index contributed by atoms with van der Waals surface area (Å²) < 4.78 is 4.68. The van der Waals surface area contributed by atoms with Crippen LogP contribution in [0.2, 0.25) is 0 Å². The predicted octanol–water partition coefficient (Wildman–Crippen LogP) is 3.28. The van der Waals surface area contributed by atoms with Gasteiger partial charge in [0.2, 0.25) is 0 Å². The normalized spacial score (nSPS) is 16.8. The monoisotopic (exact) mass is 289 g/mol. The minimum Gasteiger partial charge on any atom is -0.469 e. The predicted molar refractivity (Wildman–Crippen MR) is 85.2 cm³/mol. The lowest BCUT2D eigenvalue weighted by atomic mass is 9.91. The number of hydrogen-bond acceptors (Lipinski definition) is 3. The first-order chi connectivity index (χ1) is 10.3. The van der Waals surface area contributed by atoms with Crippen LogP contribution in [0.3, 0.4) is 0 Å². The zero-order valence-corrected chi connectivity index (χ0v) is 13.1. The maximum Gasteiger partial charge on any atom is 0.305 e. The molecule has 1 aromatic rings. The van der Waals surface area contributed by atoms with Crippen LogP contribution >= 0.6 is 0 Å². The van der Waals surface area contributed by atoms with Gasteiger partial charge in [0.1, 0.15) is 0 Å². The number of hydrogen-bond donors (Lipinski definition) is 0. The summed E-state index contributed by atoms with van der Waals surface area (Å²) in [4.78, 5) is 13.7. The first kappa shape index (κ1) is 16.0. The molecule has 0 amide bonds. The van der Waals surface area contributed by atoms with Crippen LogP contribution in [0.5, 0.6) is 0 Å². The summed E-state index contributed by atoms with van der Waals surface area (Å²) in [6.45, 7) is 3.57. The lowest BCUT2D eigenvalue weighted by molar-refractivity contribution is -0.140. The smallest absolute Gasteiger partial charge is 0.305 e. The van der Waals surface area contributed by atoms with Crippen molar-refractivity contribution < 1.29 is 9.53 Å². The molecular weight excluding hydrogens is 262 g/mol. The van der Waals surface area contributed by atoms with Crippen LogP contribution < -0.4 is 0 Å². The molecule has 0 radical (unpaired) electrons. The molecule has 0 spiro atoms. The Morgan fingerprint density at radius 3 is 2.62 bits per heavy atom. The summed E-state index contributed by atoms with van der Waals surface area (Å²) in [6.07, 6.45) is 6.41. The Kier molecular flexibility index (Phi) is 6.74. The molecule has 1 aliphatic heterocycles. The molecule has 1 heterocycles. The van der Waals surface area contributed by atoms with E-state index in [1.807, 2.05) is 0 Å². The van der Waals surface area contributed by atoms with Crippen molar-refractivity contribution in [1.82, 2.24) is 4.90 Å². The van der Waals surface area contributed by atoms with Crippen molar-refractivity contribution in [3.05, 3.63) is 35.9 Å². The van der Waals surface area contributed by atoms with Gasteiger partial charge in [-0.05, 0) is 56.7 Å². The van der Waals surface area contributed by atoms with Crippen LogP contribution in [0.4, 0.5) is 0 Å². The number of nitrogens with zero attached hydrogens (tertiary/aromatic N) is 1. The van der Waals surface area contributed by atoms with Gasteiger partial charge in [0, 0.05) is 13.0 Å². The van der Waals surface area contributed by atoms with Crippen molar-refractivity contribution in [2.45, 2.75) is 38.5 Å². The molecule has 116 valence electrons. The number of benzene rings is 1. The average Bonchev–Trinajstić information content (AvgIpc) is 2.55. The number of likely N-dealkylation sites (tertiary alicyclic amines) is 1. The summed E-state index contributed by atoms with van der Waals surface area (Å²) in [5.41, 5.74) is 1.43. The molecule has 2 rings (SSSR count). The van der Waals surface area contributed by atoms with Crippen molar-refractivity contribution in [1.29, 1.82) is 0 Å². The van der Waals surface area contributed by atoms with E-state index in [-0.39, 0.29) is 5.97 Å². The lowest BCUT2D eigenvalue weighted by Crippen LogP contribution is -2.35. The van der Waals surface area contributed by atoms with Crippen LogP contribution in [0.25, 0.3) is 0 Å². The number of ether oxygens (including phenoxy) is 1. The molecule has 3 heteroatoms. The Morgan fingerprint density at radius 1 is 1.24 bits per heavy atom. The average molecular weight is 289 g/mol. The van der Waals surface area contributed by atoms with Gasteiger partial charge in [-0.25, -0.2) is 0 Å². The van der Waals surface area contributed by atoms with E-state index >= 15 is 0 Å². The second kappa shape index (κ2) is 8.83. The van der Waals surface area contributed by atoms with Crippen molar-refractivity contribution >= 4 is 5.97 Å². The topological polar surface area (TPSA) is 29.5 Å². The minimum atomic E-state index is -0.0738. The molecule has 1 fully saturated rings. The second-order valence-electron chi connectivity index (χ2n) is 5.99. The Morgan fingerprint density at radius 2 is 1.95 bits per heavy atom. The van der Waals surface area contributed by atoms with Crippen LogP contribution in [0.1, 0.15) is 37.7 Å². The minimum absolute atomic E-state index is 0.0738. The molecule has 1 aliphatic rings. The first-order valence-corrected chi connectivity index (χ1v) is 8.11. The molecule has 21 heavy (non-hydrogen) atoms. The van der Waals surface area contributed by atoms with E-state index in [9.17, 15) is 4.79 Å². The highest BCUT2D eigenvalue weighted by Gasteiger charge is 2.18. The summed E-state index contributed by atoms with van der Waals surface area (Å²) in [7, 11) is 1.47. The first-order valence-electron chi connectivity index (χ1n) is 8.11. The number of piperidine rings is 1. The van der Waals surface area contributed by atoms with E-state index in [0.29, 0.717) is 6.42 Å². The quantitative estimate of drug-likeness (QED) is 0.721. The van der Waals surface area contributed by atoms with Crippen molar-refractivity contribution in [3.8, 4) is 0 Å². The van der Waals surface area contributed by atoms with Crippen LogP contribution in [-0.2, 0) is 16.0 Å². The van der Waals surface area contributed by atoms with Crippen LogP contribution in [0.15, 0.2) is 30.3 Å². The van der Waals surface area contributed by atoms with E-state index in [0.717, 1.165) is 18.8 Å². The van der Waals surface area contributed by atoms with Gasteiger partial charge in [0.25, 0.3) is 0 Å². The lowest BCUT2D eigenvalue weighted by Gasteiger charge is -2.32. The van der Waals surface area contributed by atoms with Gasteiger partial charge in [-0.15, -0.1) is 0 Å². The van der Waals surface area contributed by atoms with Crippen LogP contribution in [0, 0.1) is 5.92 Å². The summed E-state index contributed by atoms with van der Waals surface area (Å²) in [5, 5.41) is 0. The largest absolute Gasteiger partial charge is 0.469 e. The molecule has 3 nitrogen and oxygen atoms in total. The maximum absolute atomic E-state index is 11.1. The van der Waals surface area contributed by atoms with Crippen molar-refractivity contribution in [2.24, 2.45) is 5.92 Å². The number of rotatable bonds is 7. The fourth-order valence-corrected chi connectivity index (χ4v) is 3.07. The number of carbonyl (C=O) groups excluding carboxylic acids is 1. The molecule has 0 saturated carbocycles. The van der Waals surface area contributed by atoms with E-state index in [2.05, 4.69) is 40.0 Å². The zero-order chi connectivity index (χ0) is 14.9. The standard InChI is InChI=1S/C18H27NO2/c1-21-18(20)9-5-8-17-11-14-19(15-12-17)13-10-16-6-3-2-4-7-16/h2-4,6-7,17H,5,8-15H2,1H3. The van der Waals surface area contributed by atoms with Crippen molar-refractivity contribution in [2.75, 3.05) is 26.7 Å². The third-order valence-electron chi connectivity index (χ3n) is 4.49. The molecule has 0 N–H and O–H groups in total. The Bertz CT molecular complexity index is 410. The van der Waals surface area contributed by atoms with E-state index < -0.39 is 0 Å². The van der Waals surface area contributed by atoms with Crippen LogP contribution in [-0.4, -0.2) is 37.6 Å². The Labute approximate surface area is 128 Å². The summed E-state index contributed by atoms with van der Waals surface area (Å²) >= 11 is 0. The number of methoxy groups -OCH3 is 1. The SMILES string of the molecule is COC(=O)CCCC1CCN(CCc2ccccc2)CC1. The van der Waals surface area contributed by atoms with Gasteiger partial charge in [0.05, 0.1) is 7.11 Å². The molecule has 0 bridgehead atoms. The fourth-order valence-electron chi connectivity index (χ4n) is 3.07. The third-order valence-corrected chi connectivity index (χ3v) is 4.49. The highest BCUT2D eigenvalue weighted by atomic mass is 16.5. The van der Waals surface area contributed by atoms with Gasteiger partial charge in [0.15, 0.2) is 0 Å². The number of esters is 1. The van der Waals surface area contributed by atoms with Gasteiger partial charge in [-0.2, -0.15) is 0 Å². The highest BCUT2D eigenvalue weighted by molar-refractivity contribution is 5.68. The van der Waals surface area contributed by atoms with Gasteiger partial charge >= 0.3 is 5.97 Å². The molecule has 1 saturated heterocycles. The third kappa shape index (κ3) is 5.88. The molecule has 0 unspecified atom stereocenters. The van der Waals surface area contributed by atoms with E-state index in [4.69, 9.17) is 0 Å². The highest BCUT2D eigenvalue weighted by Crippen LogP contribution is 2.22. The Balaban J connectivity index is 1.59. The van der Waals surface area contributed by atoms with Gasteiger partial charge < -0.3 is 9.64 Å². The van der Waals surface area contributed by atoms with Gasteiger partial charge in [-0.1, -0.05) is 30.3 Å². The molecular formula is C18H27NO2. The summed E-state index contributed by atoms with van der Waals surface area (Å²) in [6, 6.07) is 10.7. The van der Waals surface area contributed by atoms with E-state index in [1.54, 1.807) is 0 Å². The fraction of sp³-hybridized carbons (Fsp3) is 0.611. The zero-order valence-electron chi connectivity index (χ0n) is 13.1. The number of carbonyl (C=O) groups is 1. The van der Waals surface area contributed by atoms with Crippen molar-refractivity contribution in [3.63, 3.8) is 0 Å². The molecule has 0 aliphatic carbocycles.